The third-order valence-corrected chi connectivity index (χ3v) is 1.74. The van der Waals surface area contributed by atoms with Crippen LogP contribution in [0, 0.1) is 0 Å². The van der Waals surface area contributed by atoms with E-state index in [-0.39, 0.29) is 12.7 Å². The summed E-state index contributed by atoms with van der Waals surface area (Å²) in [5, 5.41) is 8.55. The largest absolute Gasteiger partial charge is 0.392 e. The lowest BCUT2D eigenvalue weighted by Gasteiger charge is -2.34. The Hall–Kier alpha value is -0.380. The van der Waals surface area contributed by atoms with Gasteiger partial charge in [-0.1, -0.05) is 12.2 Å². The summed E-state index contributed by atoms with van der Waals surface area (Å²) < 4.78 is 10.9. The predicted molar refractivity (Wildman–Crippen MR) is 45.7 cm³/mol. The van der Waals surface area contributed by atoms with Crippen LogP contribution in [0.2, 0.25) is 0 Å². The summed E-state index contributed by atoms with van der Waals surface area (Å²) in [6.07, 6.45) is 4.52. The Bertz CT molecular complexity index is 163. The summed E-state index contributed by atoms with van der Waals surface area (Å²) in [4.78, 5) is 0. The van der Waals surface area contributed by atoms with Crippen molar-refractivity contribution in [2.24, 2.45) is 0 Å². The third-order valence-electron chi connectivity index (χ3n) is 1.74. The third kappa shape index (κ3) is 2.93. The van der Waals surface area contributed by atoms with Gasteiger partial charge in [-0.2, -0.15) is 0 Å². The molecule has 0 unspecified atom stereocenters. The molecule has 1 fully saturated rings. The highest BCUT2D eigenvalue weighted by Gasteiger charge is 2.27. The van der Waals surface area contributed by atoms with E-state index >= 15 is 0 Å². The maximum absolute atomic E-state index is 8.55. The van der Waals surface area contributed by atoms with Crippen LogP contribution in [0.15, 0.2) is 12.2 Å². The van der Waals surface area contributed by atoms with Gasteiger partial charge in [0.1, 0.15) is 0 Å². The van der Waals surface area contributed by atoms with Gasteiger partial charge in [-0.25, -0.2) is 0 Å². The molecule has 0 aromatic heterocycles. The summed E-state index contributed by atoms with van der Waals surface area (Å²) in [6, 6.07) is 0. The lowest BCUT2D eigenvalue weighted by atomic mass is 10.2. The van der Waals surface area contributed by atoms with Gasteiger partial charge < -0.3 is 14.6 Å². The normalized spacial score (nSPS) is 29.4. The second-order valence-electron chi connectivity index (χ2n) is 3.30. The molecule has 0 spiro atoms. The first-order chi connectivity index (χ1) is 5.64. The van der Waals surface area contributed by atoms with Crippen LogP contribution in [0.3, 0.4) is 0 Å². The Morgan fingerprint density at radius 3 is 2.92 bits per heavy atom. The second kappa shape index (κ2) is 4.03. The molecule has 1 heterocycles. The fourth-order valence-corrected chi connectivity index (χ4v) is 1.23. The van der Waals surface area contributed by atoms with Crippen molar-refractivity contribution in [2.45, 2.75) is 32.2 Å². The first kappa shape index (κ1) is 9.71. The SMILES string of the molecule is CC1(C)OCC[C@@H](C=CCO)O1. The Morgan fingerprint density at radius 2 is 2.33 bits per heavy atom. The number of ether oxygens (including phenoxy) is 2. The minimum absolute atomic E-state index is 0.0706. The fourth-order valence-electron chi connectivity index (χ4n) is 1.23. The molecule has 0 saturated carbocycles. The molecule has 1 saturated heterocycles. The van der Waals surface area contributed by atoms with Crippen LogP contribution in [0.5, 0.6) is 0 Å². The standard InChI is InChI=1S/C9H16O3/c1-9(2)11-7-5-8(12-9)4-3-6-10/h3-4,8,10H,5-7H2,1-2H3/t8-/m1/s1. The highest BCUT2D eigenvalue weighted by molar-refractivity contribution is 4.91. The fraction of sp³-hybridized carbons (Fsp3) is 0.778. The minimum atomic E-state index is -0.483. The monoisotopic (exact) mass is 172 g/mol. The Balaban J connectivity index is 2.41. The molecular formula is C9H16O3. The van der Waals surface area contributed by atoms with Crippen LogP contribution in [0.4, 0.5) is 0 Å². The molecule has 3 nitrogen and oxygen atoms in total. The van der Waals surface area contributed by atoms with E-state index in [2.05, 4.69) is 0 Å². The molecule has 0 bridgehead atoms. The molecule has 1 rings (SSSR count). The van der Waals surface area contributed by atoms with E-state index in [9.17, 15) is 0 Å². The molecular weight excluding hydrogens is 156 g/mol. The number of rotatable bonds is 2. The van der Waals surface area contributed by atoms with Crippen molar-refractivity contribution in [3.05, 3.63) is 12.2 Å². The Kier molecular flexibility index (Phi) is 3.26. The second-order valence-corrected chi connectivity index (χ2v) is 3.30. The van der Waals surface area contributed by atoms with Crippen molar-refractivity contribution in [3.63, 3.8) is 0 Å². The van der Waals surface area contributed by atoms with Gasteiger partial charge in [0.25, 0.3) is 0 Å². The van der Waals surface area contributed by atoms with Crippen LogP contribution in [-0.4, -0.2) is 30.2 Å². The maximum atomic E-state index is 8.55. The molecule has 0 amide bonds. The predicted octanol–water partition coefficient (Wildman–Crippen LogP) is 1.08. The van der Waals surface area contributed by atoms with Gasteiger partial charge in [0.05, 0.1) is 19.3 Å². The molecule has 0 aromatic carbocycles. The molecule has 70 valence electrons. The van der Waals surface area contributed by atoms with Crippen LogP contribution < -0.4 is 0 Å². The van der Waals surface area contributed by atoms with Crippen molar-refractivity contribution >= 4 is 0 Å². The van der Waals surface area contributed by atoms with E-state index in [1.165, 1.54) is 0 Å². The number of aliphatic hydroxyl groups is 1. The van der Waals surface area contributed by atoms with Gasteiger partial charge in [0.15, 0.2) is 5.79 Å². The molecule has 0 radical (unpaired) electrons. The number of aliphatic hydroxyl groups excluding tert-OH is 1. The van der Waals surface area contributed by atoms with Gasteiger partial charge in [-0.3, -0.25) is 0 Å². The van der Waals surface area contributed by atoms with Crippen molar-refractivity contribution in [3.8, 4) is 0 Å². The van der Waals surface area contributed by atoms with E-state index in [4.69, 9.17) is 14.6 Å². The smallest absolute Gasteiger partial charge is 0.163 e. The first-order valence-corrected chi connectivity index (χ1v) is 4.23. The molecule has 12 heavy (non-hydrogen) atoms. The molecule has 0 aromatic rings. The van der Waals surface area contributed by atoms with Crippen LogP contribution >= 0.6 is 0 Å². The molecule has 0 aliphatic carbocycles. The van der Waals surface area contributed by atoms with Gasteiger partial charge in [-0.15, -0.1) is 0 Å². The maximum Gasteiger partial charge on any atom is 0.163 e. The summed E-state index contributed by atoms with van der Waals surface area (Å²) in [6.45, 7) is 4.58. The van der Waals surface area contributed by atoms with E-state index < -0.39 is 5.79 Å². The van der Waals surface area contributed by atoms with Crippen LogP contribution in [0.1, 0.15) is 20.3 Å². The van der Waals surface area contributed by atoms with Crippen molar-refractivity contribution < 1.29 is 14.6 Å². The summed E-state index contributed by atoms with van der Waals surface area (Å²) >= 11 is 0. The molecule has 1 aliphatic rings. The summed E-state index contributed by atoms with van der Waals surface area (Å²) in [5.41, 5.74) is 0. The minimum Gasteiger partial charge on any atom is -0.392 e. The van der Waals surface area contributed by atoms with Crippen LogP contribution in [-0.2, 0) is 9.47 Å². The zero-order chi connectivity index (χ0) is 9.03. The van der Waals surface area contributed by atoms with Crippen LogP contribution in [0.25, 0.3) is 0 Å². The van der Waals surface area contributed by atoms with Crippen molar-refractivity contribution in [1.29, 1.82) is 0 Å². The zero-order valence-corrected chi connectivity index (χ0v) is 7.62. The first-order valence-electron chi connectivity index (χ1n) is 4.23. The highest BCUT2D eigenvalue weighted by Crippen LogP contribution is 2.22. The topological polar surface area (TPSA) is 38.7 Å². The van der Waals surface area contributed by atoms with Gasteiger partial charge in [-0.05, 0) is 13.8 Å². The lowest BCUT2D eigenvalue weighted by molar-refractivity contribution is -0.262. The van der Waals surface area contributed by atoms with E-state index in [1.54, 1.807) is 6.08 Å². The zero-order valence-electron chi connectivity index (χ0n) is 7.62. The number of hydrogen-bond acceptors (Lipinski definition) is 3. The quantitative estimate of drug-likeness (QED) is 0.633. The number of hydrogen-bond donors (Lipinski definition) is 1. The van der Waals surface area contributed by atoms with Gasteiger partial charge in [0, 0.05) is 6.42 Å². The molecule has 1 aliphatic heterocycles. The average molecular weight is 172 g/mol. The van der Waals surface area contributed by atoms with Gasteiger partial charge in [0.2, 0.25) is 0 Å². The summed E-state index contributed by atoms with van der Waals surface area (Å²) in [5.74, 6) is -0.483. The van der Waals surface area contributed by atoms with Crippen molar-refractivity contribution in [2.75, 3.05) is 13.2 Å². The van der Waals surface area contributed by atoms with E-state index in [0.717, 1.165) is 6.42 Å². The molecule has 3 heteroatoms. The van der Waals surface area contributed by atoms with Gasteiger partial charge >= 0.3 is 0 Å². The lowest BCUT2D eigenvalue weighted by Crippen LogP contribution is -2.38. The van der Waals surface area contributed by atoms with Crippen molar-refractivity contribution in [1.82, 2.24) is 0 Å². The summed E-state index contributed by atoms with van der Waals surface area (Å²) in [7, 11) is 0. The molecule has 1 atom stereocenters. The van der Waals surface area contributed by atoms with E-state index in [1.807, 2.05) is 19.9 Å². The average Bonchev–Trinajstić information content (AvgIpc) is 1.99. The Labute approximate surface area is 73.0 Å². The highest BCUT2D eigenvalue weighted by atomic mass is 16.7. The Morgan fingerprint density at radius 1 is 1.58 bits per heavy atom. The van der Waals surface area contributed by atoms with E-state index in [0.29, 0.717) is 6.61 Å². The molecule has 1 N–H and O–H groups in total.